The van der Waals surface area contributed by atoms with Gasteiger partial charge in [0.15, 0.2) is 0 Å². The van der Waals surface area contributed by atoms with Gasteiger partial charge in [-0.1, -0.05) is 18.8 Å². The van der Waals surface area contributed by atoms with Crippen LogP contribution < -0.4 is 5.32 Å². The number of aliphatic hydroxyl groups is 1. The van der Waals surface area contributed by atoms with Gasteiger partial charge in [-0.3, -0.25) is 4.79 Å². The summed E-state index contributed by atoms with van der Waals surface area (Å²) in [5.74, 6) is 5.69. The first-order valence-corrected chi connectivity index (χ1v) is 7.33. The zero-order valence-corrected chi connectivity index (χ0v) is 12.5. The standard InChI is InChI=1S/C17H23NO3/c1-2-13-21-14-5-11-18-17(20)16-9-7-15(8-10-16)6-3-4-12-19/h7-10,19H,2,4-5,11-14H2,1H3,(H,18,20). The number of carbonyl (C=O) groups is 1. The van der Waals surface area contributed by atoms with Crippen LogP contribution in [0.4, 0.5) is 0 Å². The molecule has 0 aliphatic rings. The Bertz CT molecular complexity index is 471. The Morgan fingerprint density at radius 1 is 1.29 bits per heavy atom. The van der Waals surface area contributed by atoms with Crippen LogP contribution in [-0.4, -0.2) is 37.4 Å². The van der Waals surface area contributed by atoms with Gasteiger partial charge in [0, 0.05) is 37.3 Å². The highest BCUT2D eigenvalue weighted by Crippen LogP contribution is 2.03. The van der Waals surface area contributed by atoms with E-state index in [0.29, 0.717) is 25.1 Å². The highest BCUT2D eigenvalue weighted by Gasteiger charge is 2.03. The van der Waals surface area contributed by atoms with Crippen molar-refractivity contribution >= 4 is 5.91 Å². The highest BCUT2D eigenvalue weighted by molar-refractivity contribution is 5.94. The fourth-order valence-electron chi connectivity index (χ4n) is 1.65. The van der Waals surface area contributed by atoms with E-state index in [2.05, 4.69) is 24.1 Å². The van der Waals surface area contributed by atoms with Crippen molar-refractivity contribution in [1.29, 1.82) is 0 Å². The average molecular weight is 289 g/mol. The van der Waals surface area contributed by atoms with E-state index in [-0.39, 0.29) is 12.5 Å². The number of ether oxygens (including phenoxy) is 1. The molecule has 2 N–H and O–H groups in total. The number of rotatable bonds is 8. The molecule has 114 valence electrons. The summed E-state index contributed by atoms with van der Waals surface area (Å²) in [5, 5.41) is 11.5. The van der Waals surface area contributed by atoms with Crippen LogP contribution in [0.5, 0.6) is 0 Å². The Morgan fingerprint density at radius 3 is 2.71 bits per heavy atom. The monoisotopic (exact) mass is 289 g/mol. The minimum absolute atomic E-state index is 0.0649. The van der Waals surface area contributed by atoms with Gasteiger partial charge in [-0.2, -0.15) is 0 Å². The van der Waals surface area contributed by atoms with Gasteiger partial charge >= 0.3 is 0 Å². The number of aliphatic hydroxyl groups excluding tert-OH is 1. The summed E-state index contributed by atoms with van der Waals surface area (Å²) in [7, 11) is 0. The van der Waals surface area contributed by atoms with Crippen LogP contribution in [-0.2, 0) is 4.74 Å². The summed E-state index contributed by atoms with van der Waals surface area (Å²) in [6.45, 7) is 4.19. The van der Waals surface area contributed by atoms with Crippen LogP contribution in [0.15, 0.2) is 24.3 Å². The van der Waals surface area contributed by atoms with E-state index < -0.39 is 0 Å². The van der Waals surface area contributed by atoms with Crippen LogP contribution in [0.1, 0.15) is 42.1 Å². The summed E-state index contributed by atoms with van der Waals surface area (Å²) < 4.78 is 5.35. The van der Waals surface area contributed by atoms with Crippen molar-refractivity contribution in [2.45, 2.75) is 26.2 Å². The predicted molar refractivity (Wildman–Crippen MR) is 83.1 cm³/mol. The fraction of sp³-hybridized carbons (Fsp3) is 0.471. The minimum atomic E-state index is -0.0830. The zero-order chi connectivity index (χ0) is 15.3. The van der Waals surface area contributed by atoms with Crippen molar-refractivity contribution in [2.24, 2.45) is 0 Å². The number of hydrogen-bond acceptors (Lipinski definition) is 3. The molecule has 21 heavy (non-hydrogen) atoms. The molecule has 0 atom stereocenters. The lowest BCUT2D eigenvalue weighted by Crippen LogP contribution is -2.25. The van der Waals surface area contributed by atoms with Gasteiger partial charge in [-0.25, -0.2) is 0 Å². The third kappa shape index (κ3) is 7.50. The van der Waals surface area contributed by atoms with Crippen molar-refractivity contribution in [3.8, 4) is 11.8 Å². The fourth-order valence-corrected chi connectivity index (χ4v) is 1.65. The summed E-state index contributed by atoms with van der Waals surface area (Å²) in [6.07, 6.45) is 2.29. The third-order valence-electron chi connectivity index (χ3n) is 2.72. The van der Waals surface area contributed by atoms with Crippen molar-refractivity contribution in [3.05, 3.63) is 35.4 Å². The third-order valence-corrected chi connectivity index (χ3v) is 2.72. The lowest BCUT2D eigenvalue weighted by atomic mass is 10.1. The van der Waals surface area contributed by atoms with Crippen LogP contribution >= 0.6 is 0 Å². The van der Waals surface area contributed by atoms with Gasteiger partial charge in [-0.05, 0) is 37.1 Å². The average Bonchev–Trinajstić information content (AvgIpc) is 2.51. The van der Waals surface area contributed by atoms with Gasteiger partial charge in [0.1, 0.15) is 0 Å². The van der Waals surface area contributed by atoms with Crippen molar-refractivity contribution in [3.63, 3.8) is 0 Å². The molecule has 1 aromatic rings. The van der Waals surface area contributed by atoms with E-state index in [1.165, 1.54) is 0 Å². The smallest absolute Gasteiger partial charge is 0.251 e. The van der Waals surface area contributed by atoms with Crippen molar-refractivity contribution < 1.29 is 14.6 Å². The van der Waals surface area contributed by atoms with Gasteiger partial charge in [0.2, 0.25) is 0 Å². The molecule has 0 saturated heterocycles. The molecule has 4 nitrogen and oxygen atoms in total. The molecular weight excluding hydrogens is 266 g/mol. The SMILES string of the molecule is CCCOCCCNC(=O)c1ccc(C#CCCO)cc1. The largest absolute Gasteiger partial charge is 0.395 e. The summed E-state index contributed by atoms with van der Waals surface area (Å²) in [6, 6.07) is 7.13. The molecule has 0 bridgehead atoms. The number of amides is 1. The first-order valence-electron chi connectivity index (χ1n) is 7.33. The Morgan fingerprint density at radius 2 is 2.05 bits per heavy atom. The molecule has 1 aromatic carbocycles. The lowest BCUT2D eigenvalue weighted by Gasteiger charge is -2.06. The molecule has 4 heteroatoms. The van der Waals surface area contributed by atoms with E-state index in [4.69, 9.17) is 9.84 Å². The quantitative estimate of drug-likeness (QED) is 0.568. The summed E-state index contributed by atoms with van der Waals surface area (Å²) in [5.41, 5.74) is 1.46. The van der Waals surface area contributed by atoms with Gasteiger partial charge < -0.3 is 15.2 Å². The minimum Gasteiger partial charge on any atom is -0.395 e. The maximum atomic E-state index is 11.9. The Kier molecular flexibility index (Phi) is 8.94. The number of benzene rings is 1. The van der Waals surface area contributed by atoms with Gasteiger partial charge in [0.05, 0.1) is 6.61 Å². The second-order valence-electron chi connectivity index (χ2n) is 4.57. The molecule has 0 spiro atoms. The number of hydrogen-bond donors (Lipinski definition) is 2. The van der Waals surface area contributed by atoms with Gasteiger partial charge in [0.25, 0.3) is 5.91 Å². The number of nitrogens with one attached hydrogen (secondary N) is 1. The van der Waals surface area contributed by atoms with E-state index >= 15 is 0 Å². The molecule has 1 amide bonds. The van der Waals surface area contributed by atoms with E-state index in [1.807, 2.05) is 12.1 Å². The van der Waals surface area contributed by atoms with Crippen molar-refractivity contribution in [1.82, 2.24) is 5.32 Å². The predicted octanol–water partition coefficient (Wildman–Crippen LogP) is 1.97. The maximum Gasteiger partial charge on any atom is 0.251 e. The first-order chi connectivity index (χ1) is 10.3. The molecule has 0 aliphatic heterocycles. The molecule has 0 saturated carbocycles. The Labute approximate surface area is 126 Å². The topological polar surface area (TPSA) is 58.6 Å². The van der Waals surface area contributed by atoms with Crippen LogP contribution in [0.3, 0.4) is 0 Å². The van der Waals surface area contributed by atoms with Crippen molar-refractivity contribution in [2.75, 3.05) is 26.4 Å². The normalized spacial score (nSPS) is 9.81. The Balaban J connectivity index is 2.33. The van der Waals surface area contributed by atoms with E-state index in [1.54, 1.807) is 12.1 Å². The first kappa shape index (κ1) is 17.2. The lowest BCUT2D eigenvalue weighted by molar-refractivity contribution is 0.0941. The molecular formula is C17H23NO3. The van der Waals surface area contributed by atoms with E-state index in [0.717, 1.165) is 25.0 Å². The molecule has 0 heterocycles. The zero-order valence-electron chi connectivity index (χ0n) is 12.5. The molecule has 0 unspecified atom stereocenters. The summed E-state index contributed by atoms with van der Waals surface area (Å²) >= 11 is 0. The van der Waals surface area contributed by atoms with Crippen LogP contribution in [0.2, 0.25) is 0 Å². The van der Waals surface area contributed by atoms with Gasteiger partial charge in [-0.15, -0.1) is 0 Å². The van der Waals surface area contributed by atoms with Crippen LogP contribution in [0, 0.1) is 11.8 Å². The summed E-state index contributed by atoms with van der Waals surface area (Å²) in [4.78, 5) is 11.9. The maximum absolute atomic E-state index is 11.9. The molecule has 0 fully saturated rings. The van der Waals surface area contributed by atoms with Crippen LogP contribution in [0.25, 0.3) is 0 Å². The molecule has 0 aromatic heterocycles. The molecule has 0 aliphatic carbocycles. The second-order valence-corrected chi connectivity index (χ2v) is 4.57. The number of carbonyl (C=O) groups excluding carboxylic acids is 1. The second kappa shape index (κ2) is 10.9. The molecule has 1 rings (SSSR count). The Hall–Kier alpha value is -1.83. The highest BCUT2D eigenvalue weighted by atomic mass is 16.5. The molecule has 0 radical (unpaired) electrons. The van der Waals surface area contributed by atoms with E-state index in [9.17, 15) is 4.79 Å².